The van der Waals surface area contributed by atoms with E-state index in [0.29, 0.717) is 0 Å². The number of carbonyl (C=O) groups is 4. The third-order valence-corrected chi connectivity index (χ3v) is 8.21. The highest BCUT2D eigenvalue weighted by Crippen LogP contribution is 2.23. The number of methoxy groups -OCH3 is 2. The largest absolute Gasteiger partial charge is 0.453 e. The normalized spacial score (nSPS) is 14.0. The van der Waals surface area contributed by atoms with E-state index >= 15 is 0 Å². The zero-order valence-electron chi connectivity index (χ0n) is 30.7. The van der Waals surface area contributed by atoms with Crippen LogP contribution in [0.15, 0.2) is 79.0 Å². The number of aromatic nitrogens is 1. The number of hydrogen-bond donors (Lipinski definition) is 5. The lowest BCUT2D eigenvalue weighted by molar-refractivity contribution is -0.132. The molecule has 13 heteroatoms. The van der Waals surface area contributed by atoms with Gasteiger partial charge in [0.25, 0.3) is 5.91 Å². The second-order valence-electron chi connectivity index (χ2n) is 14.5. The minimum Gasteiger partial charge on any atom is -0.453 e. The van der Waals surface area contributed by atoms with Gasteiger partial charge in [0.05, 0.1) is 32.1 Å². The van der Waals surface area contributed by atoms with Crippen molar-refractivity contribution in [1.82, 2.24) is 31.4 Å². The number of benzene rings is 2. The Hall–Kier alpha value is -5.01. The maximum Gasteiger partial charge on any atom is 0.407 e. The molecule has 0 aliphatic carbocycles. The molecule has 1 aromatic heterocycles. The van der Waals surface area contributed by atoms with Crippen LogP contribution in [0.4, 0.5) is 9.59 Å². The number of alkyl carbamates (subject to hydrolysis) is 2. The number of nitrogens with one attached hydrogen (secondary N) is 4. The number of aliphatic hydroxyl groups is 1. The Balaban J connectivity index is 1.96. The topological polar surface area (TPSA) is 171 Å². The second kappa shape index (κ2) is 18.3. The van der Waals surface area contributed by atoms with E-state index in [1.54, 1.807) is 32.0 Å². The van der Waals surface area contributed by atoms with Crippen LogP contribution < -0.4 is 21.4 Å². The summed E-state index contributed by atoms with van der Waals surface area (Å²) in [5.41, 5.74) is 4.88. The van der Waals surface area contributed by atoms with E-state index in [1.165, 1.54) is 14.2 Å². The summed E-state index contributed by atoms with van der Waals surface area (Å²) in [5.74, 6) is -1.03. The maximum atomic E-state index is 13.8. The number of carbonyl (C=O) groups excluding carboxylic acids is 4. The summed E-state index contributed by atoms with van der Waals surface area (Å²) >= 11 is 0. The van der Waals surface area contributed by atoms with Crippen LogP contribution in [0, 0.1) is 10.8 Å². The molecular weight excluding hydrogens is 652 g/mol. The standard InChI is InChI=1S/C38H52N6O7/c1-37(2,3)31(41-35(48)50-7)33(46)40-29(22-25-14-10-9-11-15-25)30(45)24-44(43-34(47)32(38(4,5)6)42-36(49)51-8)23-26-17-19-27(20-18-26)28-16-12-13-21-39-28/h9-21,29-32,45H,22-24H2,1-8H3,(H,40,46)(H,41,48)(H,42,49)(H,43,47)/t29-,30+,31-,32+/m0/s1. The molecule has 3 rings (SSSR count). The van der Waals surface area contributed by atoms with Crippen molar-refractivity contribution in [3.8, 4) is 11.3 Å². The van der Waals surface area contributed by atoms with Gasteiger partial charge < -0.3 is 30.5 Å². The number of aliphatic hydroxyl groups excluding tert-OH is 1. The summed E-state index contributed by atoms with van der Waals surface area (Å²) in [6.07, 6.45) is -0.778. The molecule has 0 saturated heterocycles. The Morgan fingerprint density at radius 2 is 1.27 bits per heavy atom. The summed E-state index contributed by atoms with van der Waals surface area (Å²) in [6, 6.07) is 19.8. The molecule has 0 bridgehead atoms. The molecule has 1 heterocycles. The van der Waals surface area contributed by atoms with Crippen LogP contribution in [0.25, 0.3) is 11.3 Å². The molecule has 4 atom stereocenters. The predicted octanol–water partition coefficient (Wildman–Crippen LogP) is 4.21. The first kappa shape index (κ1) is 40.4. The highest BCUT2D eigenvalue weighted by atomic mass is 16.5. The van der Waals surface area contributed by atoms with Gasteiger partial charge in [0.1, 0.15) is 12.1 Å². The van der Waals surface area contributed by atoms with Crippen molar-refractivity contribution in [1.29, 1.82) is 0 Å². The summed E-state index contributed by atoms with van der Waals surface area (Å²) in [7, 11) is 2.44. The molecular formula is C38H52N6O7. The molecule has 3 aromatic rings. The lowest BCUT2D eigenvalue weighted by Gasteiger charge is -2.35. The van der Waals surface area contributed by atoms with E-state index in [4.69, 9.17) is 9.47 Å². The van der Waals surface area contributed by atoms with E-state index < -0.39 is 59.1 Å². The number of hydrogen-bond acceptors (Lipinski definition) is 9. The van der Waals surface area contributed by atoms with Gasteiger partial charge in [-0.05, 0) is 40.5 Å². The minimum absolute atomic E-state index is 0.120. The van der Waals surface area contributed by atoms with E-state index in [1.807, 2.05) is 93.6 Å². The highest BCUT2D eigenvalue weighted by molar-refractivity contribution is 5.87. The first-order chi connectivity index (χ1) is 24.0. The fourth-order valence-corrected chi connectivity index (χ4v) is 5.38. The summed E-state index contributed by atoms with van der Waals surface area (Å²) in [6.45, 7) is 10.9. The maximum absolute atomic E-state index is 13.8. The Morgan fingerprint density at radius 1 is 0.725 bits per heavy atom. The van der Waals surface area contributed by atoms with Crippen LogP contribution >= 0.6 is 0 Å². The van der Waals surface area contributed by atoms with Crippen molar-refractivity contribution in [3.05, 3.63) is 90.1 Å². The van der Waals surface area contributed by atoms with Crippen LogP contribution in [0.2, 0.25) is 0 Å². The lowest BCUT2D eigenvalue weighted by atomic mass is 9.85. The zero-order chi connectivity index (χ0) is 37.8. The van der Waals surface area contributed by atoms with Crippen molar-refractivity contribution in [2.45, 2.75) is 78.7 Å². The number of pyridine rings is 1. The van der Waals surface area contributed by atoms with Crippen LogP contribution in [-0.2, 0) is 32.0 Å². The molecule has 51 heavy (non-hydrogen) atoms. The fraction of sp³-hybridized carbons (Fsp3) is 0.447. The van der Waals surface area contributed by atoms with E-state index in [9.17, 15) is 24.3 Å². The van der Waals surface area contributed by atoms with E-state index in [0.717, 1.165) is 22.4 Å². The molecule has 0 saturated carbocycles. The van der Waals surface area contributed by atoms with Gasteiger partial charge in [-0.15, -0.1) is 0 Å². The average molecular weight is 705 g/mol. The smallest absolute Gasteiger partial charge is 0.407 e. The molecule has 276 valence electrons. The molecule has 13 nitrogen and oxygen atoms in total. The fourth-order valence-electron chi connectivity index (χ4n) is 5.38. The molecule has 0 fully saturated rings. The van der Waals surface area contributed by atoms with E-state index in [2.05, 4.69) is 26.4 Å². The number of rotatable bonds is 14. The van der Waals surface area contributed by atoms with Crippen LogP contribution in [0.1, 0.15) is 52.7 Å². The number of nitrogens with zero attached hydrogens (tertiary/aromatic N) is 2. The molecule has 0 aliphatic heterocycles. The Labute approximate surface area is 300 Å². The molecule has 4 amide bonds. The third kappa shape index (κ3) is 12.7. The lowest BCUT2D eigenvalue weighted by Crippen LogP contribution is -2.60. The predicted molar refractivity (Wildman–Crippen MR) is 194 cm³/mol. The van der Waals surface area contributed by atoms with Gasteiger partial charge in [-0.25, -0.2) is 14.6 Å². The zero-order valence-corrected chi connectivity index (χ0v) is 30.7. The quantitative estimate of drug-likeness (QED) is 0.154. The molecule has 0 radical (unpaired) electrons. The van der Waals surface area contributed by atoms with E-state index in [-0.39, 0.29) is 19.5 Å². The molecule has 2 aromatic carbocycles. The van der Waals surface area contributed by atoms with Gasteiger partial charge in [0, 0.05) is 24.8 Å². The van der Waals surface area contributed by atoms with Gasteiger partial charge in [0.15, 0.2) is 0 Å². The minimum atomic E-state index is -1.22. The van der Waals surface area contributed by atoms with Gasteiger partial charge in [-0.1, -0.05) is 102 Å². The van der Waals surface area contributed by atoms with Crippen molar-refractivity contribution >= 4 is 24.0 Å². The Morgan fingerprint density at radius 3 is 1.78 bits per heavy atom. The molecule has 0 unspecified atom stereocenters. The first-order valence-corrected chi connectivity index (χ1v) is 16.8. The third-order valence-electron chi connectivity index (χ3n) is 8.21. The van der Waals surface area contributed by atoms with Crippen LogP contribution in [0.5, 0.6) is 0 Å². The Bertz CT molecular complexity index is 1570. The van der Waals surface area contributed by atoms with Crippen molar-refractivity contribution in [2.75, 3.05) is 20.8 Å². The molecule has 5 N–H and O–H groups in total. The summed E-state index contributed by atoms with van der Waals surface area (Å²) < 4.78 is 9.54. The molecule has 0 spiro atoms. The first-order valence-electron chi connectivity index (χ1n) is 16.8. The van der Waals surface area contributed by atoms with Gasteiger partial charge in [-0.2, -0.15) is 0 Å². The summed E-state index contributed by atoms with van der Waals surface area (Å²) in [4.78, 5) is 56.3. The number of amides is 4. The summed E-state index contributed by atoms with van der Waals surface area (Å²) in [5, 5.41) is 21.6. The van der Waals surface area contributed by atoms with Crippen molar-refractivity contribution in [3.63, 3.8) is 0 Å². The highest BCUT2D eigenvalue weighted by Gasteiger charge is 2.37. The van der Waals surface area contributed by atoms with Crippen molar-refractivity contribution in [2.24, 2.45) is 10.8 Å². The van der Waals surface area contributed by atoms with Gasteiger partial charge >= 0.3 is 12.2 Å². The SMILES string of the molecule is COC(=O)N[C@H](C(=O)NN(Cc1ccc(-c2ccccn2)cc1)C[C@@H](O)[C@H](Cc1ccccc1)NC(=O)[C@H](NC(=O)OC)C(C)(C)C)C(C)(C)C. The van der Waals surface area contributed by atoms with Gasteiger partial charge in [-0.3, -0.25) is 20.0 Å². The van der Waals surface area contributed by atoms with Gasteiger partial charge in [0.2, 0.25) is 5.91 Å². The number of ether oxygens (including phenoxy) is 2. The van der Waals surface area contributed by atoms with Crippen LogP contribution in [-0.4, -0.2) is 84.1 Å². The number of hydrazine groups is 1. The van der Waals surface area contributed by atoms with Crippen LogP contribution in [0.3, 0.4) is 0 Å². The Kier molecular flexibility index (Phi) is 14.5. The second-order valence-corrected chi connectivity index (χ2v) is 14.5. The monoisotopic (exact) mass is 704 g/mol. The molecule has 0 aliphatic rings. The average Bonchev–Trinajstić information content (AvgIpc) is 3.08. The van der Waals surface area contributed by atoms with Crippen molar-refractivity contribution < 1.29 is 33.8 Å².